The topological polar surface area (TPSA) is 80.9 Å². The first-order chi connectivity index (χ1) is 10.2. The molecule has 108 valence electrons. The van der Waals surface area contributed by atoms with Gasteiger partial charge >= 0.3 is 0 Å². The monoisotopic (exact) mass is 320 g/mol. The van der Waals surface area contributed by atoms with Gasteiger partial charge in [0, 0.05) is 11.3 Å². The average molecular weight is 321 g/mol. The highest BCUT2D eigenvalue weighted by Crippen LogP contribution is 2.21. The van der Waals surface area contributed by atoms with Gasteiger partial charge in [0.25, 0.3) is 5.91 Å². The summed E-state index contributed by atoms with van der Waals surface area (Å²) in [7, 11) is 0. The SMILES string of the molecule is CCc1nnsc1C(=O)Nc1ccc(Cl)c(C#CCN)c1. The Balaban J connectivity index is 2.22. The molecule has 0 fully saturated rings. The number of aromatic nitrogens is 2. The lowest BCUT2D eigenvalue weighted by Crippen LogP contribution is -2.12. The Morgan fingerprint density at radius 1 is 1.52 bits per heavy atom. The van der Waals surface area contributed by atoms with Crippen molar-refractivity contribution in [2.45, 2.75) is 13.3 Å². The number of hydrogen-bond acceptors (Lipinski definition) is 5. The number of nitrogens with one attached hydrogen (secondary N) is 1. The highest BCUT2D eigenvalue weighted by Gasteiger charge is 2.15. The molecule has 2 rings (SSSR count). The smallest absolute Gasteiger partial charge is 0.269 e. The van der Waals surface area contributed by atoms with Crippen molar-refractivity contribution >= 4 is 34.7 Å². The summed E-state index contributed by atoms with van der Waals surface area (Å²) < 4.78 is 3.80. The Morgan fingerprint density at radius 2 is 2.33 bits per heavy atom. The van der Waals surface area contributed by atoms with Crippen LogP contribution < -0.4 is 11.1 Å². The maximum atomic E-state index is 12.2. The summed E-state index contributed by atoms with van der Waals surface area (Å²) >= 11 is 7.12. The average Bonchev–Trinajstić information content (AvgIpc) is 2.96. The van der Waals surface area contributed by atoms with E-state index < -0.39 is 0 Å². The maximum Gasteiger partial charge on any atom is 0.269 e. The van der Waals surface area contributed by atoms with Crippen molar-refractivity contribution < 1.29 is 4.79 Å². The fourth-order valence-corrected chi connectivity index (χ4v) is 2.46. The fourth-order valence-electron chi connectivity index (χ4n) is 1.65. The predicted octanol–water partition coefficient (Wildman–Crippen LogP) is 2.32. The van der Waals surface area contributed by atoms with Crippen LogP contribution in [0.15, 0.2) is 18.2 Å². The molecule has 0 atom stereocenters. The van der Waals surface area contributed by atoms with Crippen molar-refractivity contribution in [2.75, 3.05) is 11.9 Å². The molecule has 0 aliphatic carbocycles. The summed E-state index contributed by atoms with van der Waals surface area (Å²) in [6.45, 7) is 2.18. The van der Waals surface area contributed by atoms with E-state index in [1.54, 1.807) is 18.2 Å². The number of rotatable bonds is 3. The van der Waals surface area contributed by atoms with Gasteiger partial charge in [-0.15, -0.1) is 5.10 Å². The number of benzene rings is 1. The van der Waals surface area contributed by atoms with Crippen molar-refractivity contribution in [3.8, 4) is 11.8 Å². The van der Waals surface area contributed by atoms with Gasteiger partial charge in [0.15, 0.2) is 0 Å². The Morgan fingerprint density at radius 3 is 3.05 bits per heavy atom. The number of aryl methyl sites for hydroxylation is 1. The number of carbonyl (C=O) groups is 1. The molecule has 1 heterocycles. The molecular weight excluding hydrogens is 308 g/mol. The van der Waals surface area contributed by atoms with Crippen LogP contribution in [0.1, 0.15) is 27.9 Å². The number of nitrogens with zero attached hydrogens (tertiary/aromatic N) is 2. The number of hydrogen-bond donors (Lipinski definition) is 2. The normalized spacial score (nSPS) is 9.86. The van der Waals surface area contributed by atoms with E-state index in [0.29, 0.717) is 33.3 Å². The second-order valence-corrected chi connectivity index (χ2v) is 5.22. The lowest BCUT2D eigenvalue weighted by atomic mass is 10.2. The summed E-state index contributed by atoms with van der Waals surface area (Å²) in [6, 6.07) is 5.11. The van der Waals surface area contributed by atoms with E-state index in [-0.39, 0.29) is 12.5 Å². The minimum Gasteiger partial charge on any atom is -0.321 e. The van der Waals surface area contributed by atoms with Gasteiger partial charge < -0.3 is 11.1 Å². The van der Waals surface area contributed by atoms with Gasteiger partial charge in [0.1, 0.15) is 4.88 Å². The largest absolute Gasteiger partial charge is 0.321 e. The summed E-state index contributed by atoms with van der Waals surface area (Å²) in [6.07, 6.45) is 0.660. The molecule has 0 saturated heterocycles. The zero-order chi connectivity index (χ0) is 15.2. The summed E-state index contributed by atoms with van der Waals surface area (Å²) in [5, 5.41) is 7.23. The van der Waals surface area contributed by atoms with Crippen LogP contribution in [0.25, 0.3) is 0 Å². The van der Waals surface area contributed by atoms with E-state index in [0.717, 1.165) is 11.5 Å². The van der Waals surface area contributed by atoms with Crippen LogP contribution in [-0.2, 0) is 6.42 Å². The van der Waals surface area contributed by atoms with Gasteiger partial charge in [-0.3, -0.25) is 4.79 Å². The van der Waals surface area contributed by atoms with E-state index >= 15 is 0 Å². The lowest BCUT2D eigenvalue weighted by molar-refractivity contribution is 0.102. The van der Waals surface area contributed by atoms with Crippen LogP contribution in [0, 0.1) is 11.8 Å². The number of nitrogens with two attached hydrogens (primary N) is 1. The third-order valence-electron chi connectivity index (χ3n) is 2.65. The molecule has 0 radical (unpaired) electrons. The molecule has 0 unspecified atom stereocenters. The molecule has 7 heteroatoms. The third-order valence-corrected chi connectivity index (χ3v) is 3.74. The van der Waals surface area contributed by atoms with Crippen LogP contribution in [0.3, 0.4) is 0 Å². The van der Waals surface area contributed by atoms with E-state index in [4.69, 9.17) is 17.3 Å². The molecule has 1 aromatic heterocycles. The van der Waals surface area contributed by atoms with E-state index in [2.05, 4.69) is 26.7 Å². The number of anilines is 1. The molecule has 21 heavy (non-hydrogen) atoms. The van der Waals surface area contributed by atoms with Crippen LogP contribution in [0.4, 0.5) is 5.69 Å². The zero-order valence-electron chi connectivity index (χ0n) is 11.3. The molecule has 2 aromatic rings. The second-order valence-electron chi connectivity index (χ2n) is 4.06. The molecule has 5 nitrogen and oxygen atoms in total. The third kappa shape index (κ3) is 3.79. The van der Waals surface area contributed by atoms with Crippen molar-refractivity contribution in [1.29, 1.82) is 0 Å². The molecule has 0 aliphatic rings. The van der Waals surface area contributed by atoms with Crippen LogP contribution in [-0.4, -0.2) is 22.0 Å². The van der Waals surface area contributed by atoms with Crippen molar-refractivity contribution in [1.82, 2.24) is 9.59 Å². The van der Waals surface area contributed by atoms with E-state index in [1.165, 1.54) is 0 Å². The number of halogens is 1. The Kier molecular flexibility index (Phi) is 5.28. The van der Waals surface area contributed by atoms with Crippen LogP contribution in [0.5, 0.6) is 0 Å². The molecule has 0 bridgehead atoms. The first-order valence-corrected chi connectivity index (χ1v) is 7.42. The minimum atomic E-state index is -0.234. The summed E-state index contributed by atoms with van der Waals surface area (Å²) in [4.78, 5) is 12.7. The van der Waals surface area contributed by atoms with Gasteiger partial charge in [-0.1, -0.05) is 34.9 Å². The van der Waals surface area contributed by atoms with Gasteiger partial charge in [-0.25, -0.2) is 0 Å². The van der Waals surface area contributed by atoms with Crippen molar-refractivity contribution in [3.05, 3.63) is 39.4 Å². The maximum absolute atomic E-state index is 12.2. The van der Waals surface area contributed by atoms with Crippen LogP contribution in [0.2, 0.25) is 5.02 Å². The molecule has 3 N–H and O–H groups in total. The Hall–Kier alpha value is -1.94. The molecular formula is C14H13ClN4OS. The molecule has 1 aromatic carbocycles. The van der Waals surface area contributed by atoms with Gasteiger partial charge in [0.2, 0.25) is 0 Å². The first kappa shape index (κ1) is 15.4. The van der Waals surface area contributed by atoms with Crippen molar-refractivity contribution in [2.24, 2.45) is 5.73 Å². The quantitative estimate of drug-likeness (QED) is 0.850. The number of amides is 1. The lowest BCUT2D eigenvalue weighted by Gasteiger charge is -2.05. The fraction of sp³-hybridized carbons (Fsp3) is 0.214. The standard InChI is InChI=1S/C14H13ClN4OS/c1-2-12-13(21-19-18-12)14(20)17-10-5-6-11(15)9(8-10)4-3-7-16/h5-6,8H,2,7,16H2,1H3,(H,17,20). The van der Waals surface area contributed by atoms with Gasteiger partial charge in [-0.05, 0) is 36.2 Å². The molecule has 1 amide bonds. The zero-order valence-corrected chi connectivity index (χ0v) is 12.9. The highest BCUT2D eigenvalue weighted by molar-refractivity contribution is 7.08. The predicted molar refractivity (Wildman–Crippen MR) is 84.6 cm³/mol. The summed E-state index contributed by atoms with van der Waals surface area (Å²) in [5.41, 5.74) is 7.27. The molecule has 0 saturated carbocycles. The minimum absolute atomic E-state index is 0.234. The van der Waals surface area contributed by atoms with Gasteiger partial charge in [-0.2, -0.15) is 0 Å². The molecule has 0 aliphatic heterocycles. The number of carbonyl (C=O) groups excluding carboxylic acids is 1. The first-order valence-electron chi connectivity index (χ1n) is 6.26. The highest BCUT2D eigenvalue weighted by atomic mass is 35.5. The van der Waals surface area contributed by atoms with E-state index in [9.17, 15) is 4.79 Å². The Bertz CT molecular complexity index is 717. The van der Waals surface area contributed by atoms with Crippen molar-refractivity contribution in [3.63, 3.8) is 0 Å². The summed E-state index contributed by atoms with van der Waals surface area (Å²) in [5.74, 6) is 5.36. The second kappa shape index (κ2) is 7.18. The Labute approximate surface area is 131 Å². The van der Waals surface area contributed by atoms with E-state index in [1.807, 2.05) is 6.92 Å². The van der Waals surface area contributed by atoms with Crippen LogP contribution >= 0.6 is 23.1 Å². The molecule has 0 spiro atoms. The van der Waals surface area contributed by atoms with Gasteiger partial charge in [0.05, 0.1) is 17.3 Å².